The van der Waals surface area contributed by atoms with Gasteiger partial charge in [0.15, 0.2) is 5.13 Å². The lowest BCUT2D eigenvalue weighted by atomic mass is 10.0. The van der Waals surface area contributed by atoms with Gasteiger partial charge >= 0.3 is 0 Å². The summed E-state index contributed by atoms with van der Waals surface area (Å²) in [4.78, 5) is 30.1. The van der Waals surface area contributed by atoms with E-state index in [1.54, 1.807) is 24.3 Å². The number of sulfonamides is 1. The molecule has 3 N–H and O–H groups in total. The first-order chi connectivity index (χ1) is 14.9. The zero-order valence-corrected chi connectivity index (χ0v) is 18.1. The van der Waals surface area contributed by atoms with Crippen LogP contribution in [0.3, 0.4) is 0 Å². The number of hydrogen-bond acceptors (Lipinski definition) is 7. The summed E-state index contributed by atoms with van der Waals surface area (Å²) < 4.78 is 27.4. The highest BCUT2D eigenvalue weighted by atomic mass is 32.2. The van der Waals surface area contributed by atoms with Crippen LogP contribution >= 0.6 is 11.3 Å². The van der Waals surface area contributed by atoms with E-state index in [0.29, 0.717) is 22.0 Å². The highest BCUT2D eigenvalue weighted by Crippen LogP contribution is 2.27. The zero-order valence-electron chi connectivity index (χ0n) is 16.4. The SMILES string of the molecule is Nc1nc(-c2ccccc2CCS(=O)(=O)NCCN2C(=O)c3ccccc3C2=O)cs1. The van der Waals surface area contributed by atoms with Gasteiger partial charge < -0.3 is 5.73 Å². The number of nitrogens with zero attached hydrogens (tertiary/aromatic N) is 2. The molecule has 0 atom stereocenters. The molecular formula is C21H20N4O4S2. The quantitative estimate of drug-likeness (QED) is 0.501. The number of nitrogen functional groups attached to an aromatic ring is 1. The molecule has 1 aromatic heterocycles. The Labute approximate surface area is 183 Å². The molecule has 0 saturated heterocycles. The fourth-order valence-electron chi connectivity index (χ4n) is 3.47. The van der Waals surface area contributed by atoms with E-state index in [1.807, 2.05) is 29.6 Å². The fraction of sp³-hybridized carbons (Fsp3) is 0.190. The lowest BCUT2D eigenvalue weighted by molar-refractivity contribution is 0.0657. The van der Waals surface area contributed by atoms with E-state index in [0.717, 1.165) is 16.0 Å². The molecule has 0 saturated carbocycles. The number of nitrogens with one attached hydrogen (secondary N) is 1. The lowest BCUT2D eigenvalue weighted by Gasteiger charge is -2.14. The molecule has 0 spiro atoms. The van der Waals surface area contributed by atoms with E-state index in [4.69, 9.17) is 5.73 Å². The molecule has 0 unspecified atom stereocenters. The van der Waals surface area contributed by atoms with Gasteiger partial charge in [0, 0.05) is 24.0 Å². The van der Waals surface area contributed by atoms with Gasteiger partial charge in [-0.1, -0.05) is 36.4 Å². The van der Waals surface area contributed by atoms with Crippen molar-refractivity contribution < 1.29 is 18.0 Å². The second-order valence-corrected chi connectivity index (χ2v) is 9.81. The Kier molecular flexibility index (Phi) is 5.86. The van der Waals surface area contributed by atoms with Crippen molar-refractivity contribution in [1.82, 2.24) is 14.6 Å². The van der Waals surface area contributed by atoms with Gasteiger partial charge in [0.1, 0.15) is 0 Å². The van der Waals surface area contributed by atoms with Gasteiger partial charge in [-0.25, -0.2) is 18.1 Å². The van der Waals surface area contributed by atoms with Gasteiger partial charge in [-0.05, 0) is 24.1 Å². The van der Waals surface area contributed by atoms with Crippen molar-refractivity contribution in [2.45, 2.75) is 6.42 Å². The van der Waals surface area contributed by atoms with Crippen LogP contribution in [-0.2, 0) is 16.4 Å². The van der Waals surface area contributed by atoms with Crippen LogP contribution in [0.1, 0.15) is 26.3 Å². The standard InChI is InChI=1S/C21H20N4O4S2/c22-21-24-18(13-30-21)15-6-2-1-5-14(15)9-12-31(28,29)23-10-11-25-19(26)16-7-3-4-8-17(16)20(25)27/h1-8,13,23H,9-12H2,(H2,22,24). The Hall–Kier alpha value is -3.08. The van der Waals surface area contributed by atoms with Crippen molar-refractivity contribution in [3.63, 3.8) is 0 Å². The Morgan fingerprint density at radius 1 is 0.968 bits per heavy atom. The lowest BCUT2D eigenvalue weighted by Crippen LogP contribution is -2.39. The summed E-state index contributed by atoms with van der Waals surface area (Å²) in [6.45, 7) is -0.0711. The van der Waals surface area contributed by atoms with Crippen molar-refractivity contribution >= 4 is 38.3 Å². The van der Waals surface area contributed by atoms with E-state index in [2.05, 4.69) is 9.71 Å². The first kappa shape index (κ1) is 21.2. The predicted molar refractivity (Wildman–Crippen MR) is 119 cm³/mol. The number of aryl methyl sites for hydroxylation is 1. The minimum absolute atomic E-state index is 0.0275. The van der Waals surface area contributed by atoms with Crippen molar-refractivity contribution in [1.29, 1.82) is 0 Å². The summed E-state index contributed by atoms with van der Waals surface area (Å²) in [7, 11) is -3.61. The number of thiazole rings is 1. The molecule has 0 bridgehead atoms. The minimum Gasteiger partial charge on any atom is -0.375 e. The number of carbonyl (C=O) groups excluding carboxylic acids is 2. The minimum atomic E-state index is -3.61. The molecular weight excluding hydrogens is 436 g/mol. The van der Waals surface area contributed by atoms with Crippen LogP contribution in [-0.4, -0.2) is 49.0 Å². The monoisotopic (exact) mass is 456 g/mol. The first-order valence-electron chi connectivity index (χ1n) is 9.57. The van der Waals surface area contributed by atoms with Crippen LogP contribution in [0.15, 0.2) is 53.9 Å². The molecule has 0 fully saturated rings. The van der Waals surface area contributed by atoms with Crippen molar-refractivity contribution in [3.05, 3.63) is 70.6 Å². The molecule has 4 rings (SSSR count). The predicted octanol–water partition coefficient (Wildman–Crippen LogP) is 2.15. The summed E-state index contributed by atoms with van der Waals surface area (Å²) in [6.07, 6.45) is 0.288. The largest absolute Gasteiger partial charge is 0.375 e. The average molecular weight is 457 g/mol. The maximum atomic E-state index is 12.5. The van der Waals surface area contributed by atoms with Crippen LogP contribution in [0.5, 0.6) is 0 Å². The second-order valence-electron chi connectivity index (χ2n) is 7.00. The topological polar surface area (TPSA) is 122 Å². The van der Waals surface area contributed by atoms with Gasteiger partial charge in [0.05, 0.1) is 22.6 Å². The molecule has 0 radical (unpaired) electrons. The van der Waals surface area contributed by atoms with Crippen molar-refractivity contribution in [2.75, 3.05) is 24.6 Å². The number of anilines is 1. The number of amides is 2. The Bertz CT molecular complexity index is 1220. The van der Waals surface area contributed by atoms with Gasteiger partial charge in [0.2, 0.25) is 10.0 Å². The molecule has 31 heavy (non-hydrogen) atoms. The van der Waals surface area contributed by atoms with Crippen molar-refractivity contribution in [2.24, 2.45) is 0 Å². The molecule has 2 heterocycles. The third-order valence-corrected chi connectivity index (χ3v) is 7.05. The molecule has 2 amide bonds. The maximum Gasteiger partial charge on any atom is 0.261 e. The van der Waals surface area contributed by atoms with Gasteiger partial charge in [-0.2, -0.15) is 0 Å². The molecule has 8 nitrogen and oxygen atoms in total. The average Bonchev–Trinajstić information content (AvgIpc) is 3.30. The third kappa shape index (κ3) is 4.50. The van der Waals surface area contributed by atoms with Crippen molar-refractivity contribution in [3.8, 4) is 11.3 Å². The number of nitrogens with two attached hydrogens (primary N) is 1. The second kappa shape index (κ2) is 8.58. The first-order valence-corrected chi connectivity index (χ1v) is 12.1. The van der Waals surface area contributed by atoms with E-state index < -0.39 is 21.8 Å². The van der Waals surface area contributed by atoms with Crippen LogP contribution in [0.2, 0.25) is 0 Å². The molecule has 10 heteroatoms. The maximum absolute atomic E-state index is 12.5. The summed E-state index contributed by atoms with van der Waals surface area (Å²) in [5, 5.41) is 2.29. The molecule has 1 aliphatic rings. The zero-order chi connectivity index (χ0) is 22.0. The Morgan fingerprint density at radius 2 is 1.58 bits per heavy atom. The summed E-state index contributed by atoms with van der Waals surface area (Å²) in [5.74, 6) is -0.946. The fourth-order valence-corrected chi connectivity index (χ4v) is 5.07. The number of benzene rings is 2. The van der Waals surface area contributed by atoms with E-state index in [-0.39, 0.29) is 25.3 Å². The van der Waals surface area contributed by atoms with Crippen LogP contribution in [0.4, 0.5) is 5.13 Å². The molecule has 160 valence electrons. The molecule has 1 aliphatic heterocycles. The Balaban J connectivity index is 1.35. The summed E-state index contributed by atoms with van der Waals surface area (Å²) in [5.41, 5.74) is 8.80. The highest BCUT2D eigenvalue weighted by Gasteiger charge is 2.34. The number of hydrogen-bond donors (Lipinski definition) is 2. The number of imide groups is 1. The van der Waals surface area contributed by atoms with Crippen LogP contribution < -0.4 is 10.5 Å². The number of aromatic nitrogens is 1. The Morgan fingerprint density at radius 3 is 2.19 bits per heavy atom. The smallest absolute Gasteiger partial charge is 0.261 e. The van der Waals surface area contributed by atoms with Gasteiger partial charge in [0.25, 0.3) is 11.8 Å². The number of rotatable bonds is 8. The number of fused-ring (bicyclic) bond motifs is 1. The number of carbonyl (C=O) groups is 2. The summed E-state index contributed by atoms with van der Waals surface area (Å²) >= 11 is 1.33. The van der Waals surface area contributed by atoms with E-state index in [1.165, 1.54) is 11.3 Å². The third-order valence-electron chi connectivity index (χ3n) is 4.99. The van der Waals surface area contributed by atoms with E-state index >= 15 is 0 Å². The molecule has 2 aromatic carbocycles. The van der Waals surface area contributed by atoms with Gasteiger partial charge in [-0.3, -0.25) is 14.5 Å². The van der Waals surface area contributed by atoms with Crippen LogP contribution in [0, 0.1) is 0 Å². The van der Waals surface area contributed by atoms with E-state index in [9.17, 15) is 18.0 Å². The molecule has 3 aromatic rings. The summed E-state index contributed by atoms with van der Waals surface area (Å²) in [6, 6.07) is 14.0. The molecule has 0 aliphatic carbocycles. The normalized spacial score (nSPS) is 13.6. The van der Waals surface area contributed by atoms with Gasteiger partial charge in [-0.15, -0.1) is 11.3 Å². The highest BCUT2D eigenvalue weighted by molar-refractivity contribution is 7.89. The van der Waals surface area contributed by atoms with Crippen LogP contribution in [0.25, 0.3) is 11.3 Å².